The first-order valence-electron chi connectivity index (χ1n) is 4.72. The van der Waals surface area contributed by atoms with Gasteiger partial charge in [0.1, 0.15) is 18.3 Å². The van der Waals surface area contributed by atoms with Gasteiger partial charge in [-0.05, 0) is 13.8 Å². The molecule has 0 unspecified atom stereocenters. The molecule has 0 aromatic rings. The van der Waals surface area contributed by atoms with Gasteiger partial charge in [-0.2, -0.15) is 0 Å². The Morgan fingerprint density at radius 3 is 2.64 bits per heavy atom. The standard InChI is InChI=1S/C9H16O5/c1-9(2)13-7-6(11-3)5(4-10)12-8(7)14-9/h5-8,10H,4H2,1-3H3/t5-,6-,7-,8+/m1/s1. The number of ether oxygens (including phenoxy) is 4. The molecule has 5 nitrogen and oxygen atoms in total. The predicted molar refractivity (Wildman–Crippen MR) is 46.6 cm³/mol. The minimum atomic E-state index is -0.632. The predicted octanol–water partition coefficient (Wildman–Crippen LogP) is -0.130. The zero-order valence-corrected chi connectivity index (χ0v) is 8.60. The van der Waals surface area contributed by atoms with Crippen LogP contribution in [0.3, 0.4) is 0 Å². The van der Waals surface area contributed by atoms with Crippen molar-refractivity contribution in [3.8, 4) is 0 Å². The fourth-order valence-corrected chi connectivity index (χ4v) is 1.98. The molecule has 0 aliphatic carbocycles. The van der Waals surface area contributed by atoms with Gasteiger partial charge in [0, 0.05) is 7.11 Å². The van der Waals surface area contributed by atoms with E-state index in [4.69, 9.17) is 24.1 Å². The maximum Gasteiger partial charge on any atom is 0.190 e. The van der Waals surface area contributed by atoms with Crippen LogP contribution in [0.4, 0.5) is 0 Å². The number of aliphatic hydroxyl groups excluding tert-OH is 1. The largest absolute Gasteiger partial charge is 0.394 e. The van der Waals surface area contributed by atoms with Crippen molar-refractivity contribution in [3.05, 3.63) is 0 Å². The SMILES string of the molecule is CO[C@H]1[C@H]2OC(C)(C)O[C@@H]2O[C@@H]1CO. The van der Waals surface area contributed by atoms with Crippen LogP contribution in [-0.4, -0.2) is 49.2 Å². The first kappa shape index (κ1) is 10.3. The third-order valence-electron chi connectivity index (χ3n) is 2.54. The van der Waals surface area contributed by atoms with Gasteiger partial charge in [0.15, 0.2) is 12.1 Å². The molecule has 2 heterocycles. The summed E-state index contributed by atoms with van der Waals surface area (Å²) in [4.78, 5) is 0. The monoisotopic (exact) mass is 204 g/mol. The van der Waals surface area contributed by atoms with Crippen molar-refractivity contribution in [2.75, 3.05) is 13.7 Å². The van der Waals surface area contributed by atoms with Crippen LogP contribution in [-0.2, 0) is 18.9 Å². The van der Waals surface area contributed by atoms with E-state index >= 15 is 0 Å². The topological polar surface area (TPSA) is 57.2 Å². The Hall–Kier alpha value is -0.200. The number of aliphatic hydroxyl groups is 1. The molecule has 2 aliphatic heterocycles. The molecule has 0 aromatic carbocycles. The highest BCUT2D eigenvalue weighted by Gasteiger charge is 2.54. The summed E-state index contributed by atoms with van der Waals surface area (Å²) in [6.45, 7) is 3.57. The fraction of sp³-hybridized carbons (Fsp3) is 1.00. The number of rotatable bonds is 2. The molecule has 0 spiro atoms. The van der Waals surface area contributed by atoms with Gasteiger partial charge in [0.05, 0.1) is 6.61 Å². The summed E-state index contributed by atoms with van der Waals surface area (Å²) in [5.74, 6) is -0.632. The Bertz CT molecular complexity index is 217. The van der Waals surface area contributed by atoms with E-state index in [0.29, 0.717) is 0 Å². The van der Waals surface area contributed by atoms with E-state index in [1.54, 1.807) is 7.11 Å². The number of methoxy groups -OCH3 is 1. The van der Waals surface area contributed by atoms with Gasteiger partial charge in [0.25, 0.3) is 0 Å². The highest BCUT2D eigenvalue weighted by Crippen LogP contribution is 2.38. The Balaban J connectivity index is 2.09. The van der Waals surface area contributed by atoms with Crippen LogP contribution in [0.2, 0.25) is 0 Å². The van der Waals surface area contributed by atoms with Crippen molar-refractivity contribution in [1.82, 2.24) is 0 Å². The minimum absolute atomic E-state index is 0.0847. The molecular formula is C9H16O5. The first-order chi connectivity index (χ1) is 6.57. The maximum absolute atomic E-state index is 9.04. The minimum Gasteiger partial charge on any atom is -0.394 e. The Morgan fingerprint density at radius 2 is 2.07 bits per heavy atom. The van der Waals surface area contributed by atoms with Gasteiger partial charge in [-0.1, -0.05) is 0 Å². The van der Waals surface area contributed by atoms with Gasteiger partial charge in [-0.3, -0.25) is 0 Å². The van der Waals surface area contributed by atoms with Crippen LogP contribution < -0.4 is 0 Å². The zero-order valence-electron chi connectivity index (χ0n) is 8.60. The Morgan fingerprint density at radius 1 is 1.36 bits per heavy atom. The molecule has 4 atom stereocenters. The second-order valence-corrected chi connectivity index (χ2v) is 4.03. The molecule has 1 N–H and O–H groups in total. The van der Waals surface area contributed by atoms with Gasteiger partial charge < -0.3 is 24.1 Å². The lowest BCUT2D eigenvalue weighted by Crippen LogP contribution is -2.37. The second kappa shape index (κ2) is 3.43. The van der Waals surface area contributed by atoms with Crippen LogP contribution in [0.1, 0.15) is 13.8 Å². The van der Waals surface area contributed by atoms with Crippen LogP contribution in [0.25, 0.3) is 0 Å². The van der Waals surface area contributed by atoms with Crippen molar-refractivity contribution in [2.45, 2.75) is 44.2 Å². The summed E-state index contributed by atoms with van der Waals surface area (Å²) in [6.07, 6.45) is -1.28. The fourth-order valence-electron chi connectivity index (χ4n) is 1.98. The zero-order chi connectivity index (χ0) is 10.3. The maximum atomic E-state index is 9.04. The van der Waals surface area contributed by atoms with E-state index in [9.17, 15) is 0 Å². The number of fused-ring (bicyclic) bond motifs is 1. The number of hydrogen-bond acceptors (Lipinski definition) is 5. The van der Waals surface area contributed by atoms with Gasteiger partial charge >= 0.3 is 0 Å². The molecule has 0 radical (unpaired) electrons. The van der Waals surface area contributed by atoms with E-state index in [-0.39, 0.29) is 24.9 Å². The van der Waals surface area contributed by atoms with Gasteiger partial charge in [-0.15, -0.1) is 0 Å². The van der Waals surface area contributed by atoms with Crippen molar-refractivity contribution in [2.24, 2.45) is 0 Å². The summed E-state index contributed by atoms with van der Waals surface area (Å²) in [7, 11) is 1.58. The molecule has 2 rings (SSSR count). The molecule has 14 heavy (non-hydrogen) atoms. The third kappa shape index (κ3) is 1.55. The lowest BCUT2D eigenvalue weighted by Gasteiger charge is -2.23. The third-order valence-corrected chi connectivity index (χ3v) is 2.54. The van der Waals surface area contributed by atoms with Crippen molar-refractivity contribution in [3.63, 3.8) is 0 Å². The van der Waals surface area contributed by atoms with Crippen LogP contribution >= 0.6 is 0 Å². The Labute approximate surface area is 82.9 Å². The van der Waals surface area contributed by atoms with E-state index < -0.39 is 12.1 Å². The smallest absolute Gasteiger partial charge is 0.190 e. The van der Waals surface area contributed by atoms with E-state index in [2.05, 4.69) is 0 Å². The normalized spacial score (nSPS) is 45.4. The van der Waals surface area contributed by atoms with E-state index in [0.717, 1.165) is 0 Å². The molecule has 0 bridgehead atoms. The molecule has 2 aliphatic rings. The lowest BCUT2D eigenvalue weighted by atomic mass is 10.1. The summed E-state index contributed by atoms with van der Waals surface area (Å²) < 4.78 is 21.8. The van der Waals surface area contributed by atoms with Crippen LogP contribution in [0.15, 0.2) is 0 Å². The molecule has 0 saturated carbocycles. The quantitative estimate of drug-likeness (QED) is 0.679. The highest BCUT2D eigenvalue weighted by molar-refractivity contribution is 4.93. The van der Waals surface area contributed by atoms with Gasteiger partial charge in [0.2, 0.25) is 0 Å². The van der Waals surface area contributed by atoms with Crippen LogP contribution in [0, 0.1) is 0 Å². The Kier molecular flexibility index (Phi) is 2.53. The first-order valence-corrected chi connectivity index (χ1v) is 4.72. The molecule has 2 saturated heterocycles. The van der Waals surface area contributed by atoms with Crippen molar-refractivity contribution < 1.29 is 24.1 Å². The molecule has 0 aromatic heterocycles. The van der Waals surface area contributed by atoms with E-state index in [1.165, 1.54) is 0 Å². The van der Waals surface area contributed by atoms with Crippen molar-refractivity contribution in [1.29, 1.82) is 0 Å². The summed E-state index contributed by atoms with van der Waals surface area (Å²) >= 11 is 0. The van der Waals surface area contributed by atoms with Gasteiger partial charge in [-0.25, -0.2) is 0 Å². The summed E-state index contributed by atoms with van der Waals surface area (Å²) in [6, 6.07) is 0. The second-order valence-electron chi connectivity index (χ2n) is 4.03. The highest BCUT2D eigenvalue weighted by atomic mass is 16.8. The molecule has 2 fully saturated rings. The molecular weight excluding hydrogens is 188 g/mol. The summed E-state index contributed by atoms with van der Waals surface area (Å²) in [5.41, 5.74) is 0. The van der Waals surface area contributed by atoms with E-state index in [1.807, 2.05) is 13.8 Å². The van der Waals surface area contributed by atoms with Crippen molar-refractivity contribution >= 4 is 0 Å². The molecule has 0 amide bonds. The lowest BCUT2D eigenvalue weighted by molar-refractivity contribution is -0.220. The summed E-state index contributed by atoms with van der Waals surface area (Å²) in [5, 5.41) is 9.04. The van der Waals surface area contributed by atoms with Crippen LogP contribution in [0.5, 0.6) is 0 Å². The average Bonchev–Trinajstić information content (AvgIpc) is 2.55. The average molecular weight is 204 g/mol. The molecule has 82 valence electrons. The molecule has 5 heteroatoms. The number of hydrogen-bond donors (Lipinski definition) is 1.